The predicted molar refractivity (Wildman–Crippen MR) is 382 cm³/mol. The van der Waals surface area contributed by atoms with E-state index < -0.39 is 35.6 Å². The number of nitrogens with two attached hydrogens (primary N) is 1. The van der Waals surface area contributed by atoms with E-state index in [2.05, 4.69) is 83.1 Å². The molecule has 4 aliphatic rings. The highest BCUT2D eigenvalue weighted by Crippen LogP contribution is 2.42. The van der Waals surface area contributed by atoms with Gasteiger partial charge in [0, 0.05) is 85.9 Å². The molecule has 4 aromatic heterocycles. The van der Waals surface area contributed by atoms with Gasteiger partial charge in [0.05, 0.1) is 52.1 Å². The summed E-state index contributed by atoms with van der Waals surface area (Å²) in [6, 6.07) is 40.6. The standard InChI is InChI=1S/C20H14FN3O2.C15H10BrFN2O2.C13H8BrFN2O4.C13H10BrFN2O2.C5H6BNO2.C4H6O3/c1-12-23-16-4-3-15(13-6-8-22-9-7-13)19(21)20(16)24(12)14-2-5-17-18(10-14)26-11-25-17;1-8-18-11-4-3-10(16)14(17)15(11)19(8)9-2-5-12-13(6-9)21-7-20-12;14-8-2-3-9(17(18)19)13(12(8)15)16-7-1-4-10-11(5-7)21-6-20-10;14-8-2-3-9(16)13(12(8)15)17-7-1-4-10-11(5-7)19-6-18-10;8-6(9)5-1-3-7-4-2-5;1-3(5)7-4(2)6/h2-10H,11H2,1H3;2-6H,7H2,1H3;1-5,16H,6H2;1-5,17H,6,16H2;1-4,8-9H;1-2H3. The third-order valence-corrected chi connectivity index (χ3v) is 16.8. The molecule has 0 saturated carbocycles. The second-order valence-electron chi connectivity index (χ2n) is 21.8. The van der Waals surface area contributed by atoms with E-state index in [1.165, 1.54) is 38.4 Å². The molecule has 0 atom stereocenters. The van der Waals surface area contributed by atoms with Crippen molar-refractivity contribution in [3.63, 3.8) is 0 Å². The van der Waals surface area contributed by atoms with Crippen molar-refractivity contribution in [3.05, 3.63) is 229 Å². The first-order valence-electron chi connectivity index (χ1n) is 30.4. The Hall–Kier alpha value is -11.5. The number of aromatic nitrogens is 6. The van der Waals surface area contributed by atoms with E-state index in [1.807, 2.05) is 56.3 Å². The highest BCUT2D eigenvalue weighted by Gasteiger charge is 2.25. The maximum atomic E-state index is 15.5. The molecular weight excluding hydrogens is 1550 g/mol. The monoisotopic (exact) mass is 1600 g/mol. The van der Waals surface area contributed by atoms with Gasteiger partial charge in [0.2, 0.25) is 27.2 Å². The number of fused-ring (bicyclic) bond motifs is 6. The number of carbonyl (C=O) groups is 2. The number of halogens is 7. The molecule has 25 nitrogen and oxygen atoms in total. The lowest BCUT2D eigenvalue weighted by molar-refractivity contribution is -0.384. The summed E-state index contributed by atoms with van der Waals surface area (Å²) in [4.78, 5) is 46.6. The van der Waals surface area contributed by atoms with Crippen LogP contribution in [0.1, 0.15) is 25.5 Å². The third kappa shape index (κ3) is 16.9. The summed E-state index contributed by atoms with van der Waals surface area (Å²) in [5.74, 6) is 3.53. The highest BCUT2D eigenvalue weighted by molar-refractivity contribution is 9.11. The molecule has 8 heterocycles. The Morgan fingerprint density at radius 2 is 0.922 bits per heavy atom. The molecule has 0 bridgehead atoms. The molecule has 16 rings (SSSR count). The summed E-state index contributed by atoms with van der Waals surface area (Å²) >= 11 is 9.36. The molecule has 0 amide bonds. The number of nitro benzene ring substituents is 1. The number of aryl methyl sites for hydroxylation is 2. The number of ether oxygens (including phenoxy) is 9. The molecule has 6 N–H and O–H groups in total. The third-order valence-electron chi connectivity index (χ3n) is 15.0. The van der Waals surface area contributed by atoms with E-state index in [-0.39, 0.29) is 60.3 Å². The van der Waals surface area contributed by atoms with Gasteiger partial charge in [-0.15, -0.1) is 0 Å². The van der Waals surface area contributed by atoms with Gasteiger partial charge in [-0.05, 0) is 188 Å². The van der Waals surface area contributed by atoms with E-state index in [4.69, 9.17) is 53.7 Å². The normalized spacial score (nSPS) is 12.0. The molecule has 0 aliphatic carbocycles. The van der Waals surface area contributed by atoms with Crippen molar-refractivity contribution in [2.75, 3.05) is 43.5 Å². The second kappa shape index (κ2) is 32.4. The molecule has 33 heteroatoms. The fourth-order valence-electron chi connectivity index (χ4n) is 10.4. The number of hydrogen-bond donors (Lipinski definition) is 5. The maximum absolute atomic E-state index is 15.5. The zero-order valence-corrected chi connectivity index (χ0v) is 58.9. The molecule has 8 aromatic carbocycles. The fraction of sp³-hybridized carbons (Fsp3) is 0.114. The van der Waals surface area contributed by atoms with Crippen LogP contribution in [0.2, 0.25) is 0 Å². The Morgan fingerprint density at radius 3 is 1.38 bits per heavy atom. The molecular formula is C70H54BBr3F4N10O15. The van der Waals surface area contributed by atoms with Crippen molar-refractivity contribution in [2.24, 2.45) is 0 Å². The molecule has 4 aliphatic heterocycles. The number of benzene rings is 8. The predicted octanol–water partition coefficient (Wildman–Crippen LogP) is 14.7. The van der Waals surface area contributed by atoms with Crippen LogP contribution >= 0.6 is 47.8 Å². The van der Waals surface area contributed by atoms with Crippen molar-refractivity contribution in [2.45, 2.75) is 27.7 Å². The van der Waals surface area contributed by atoms with Crippen LogP contribution < -0.4 is 59.7 Å². The number of nitrogens with zero attached hydrogens (tertiary/aromatic N) is 7. The molecule has 0 spiro atoms. The number of pyridine rings is 2. The Balaban J connectivity index is 0.000000129. The fourth-order valence-corrected chi connectivity index (χ4v) is 11.4. The van der Waals surface area contributed by atoms with Crippen LogP contribution in [-0.2, 0) is 14.3 Å². The minimum Gasteiger partial charge on any atom is -0.454 e. The van der Waals surface area contributed by atoms with Gasteiger partial charge in [-0.1, -0.05) is 0 Å². The van der Waals surface area contributed by atoms with Gasteiger partial charge in [-0.3, -0.25) is 38.8 Å². The Bertz CT molecular complexity index is 5180. The maximum Gasteiger partial charge on any atom is 0.488 e. The average molecular weight is 1600 g/mol. The summed E-state index contributed by atoms with van der Waals surface area (Å²) in [5.41, 5.74) is 12.3. The second-order valence-corrected chi connectivity index (χ2v) is 24.4. The van der Waals surface area contributed by atoms with Crippen LogP contribution in [0.15, 0.2) is 184 Å². The van der Waals surface area contributed by atoms with Crippen LogP contribution in [0, 0.1) is 47.2 Å². The number of imidazole rings is 2. The number of hydrogen-bond acceptors (Lipinski definition) is 22. The largest absolute Gasteiger partial charge is 0.488 e. The number of anilines is 5. The number of nitrogens with one attached hydrogen (secondary N) is 2. The van der Waals surface area contributed by atoms with Crippen molar-refractivity contribution in [1.82, 2.24) is 29.1 Å². The van der Waals surface area contributed by atoms with Gasteiger partial charge in [0.25, 0.3) is 5.69 Å². The van der Waals surface area contributed by atoms with Crippen LogP contribution in [0.25, 0.3) is 44.6 Å². The first-order chi connectivity index (χ1) is 49.5. The van der Waals surface area contributed by atoms with Gasteiger partial charge in [0.1, 0.15) is 22.7 Å². The molecule has 0 unspecified atom stereocenters. The highest BCUT2D eigenvalue weighted by atomic mass is 79.9. The summed E-state index contributed by atoms with van der Waals surface area (Å²) in [6.45, 7) is 6.79. The first-order valence-corrected chi connectivity index (χ1v) is 32.7. The van der Waals surface area contributed by atoms with E-state index in [9.17, 15) is 32.9 Å². The number of rotatable bonds is 9. The average Bonchev–Trinajstić information content (AvgIpc) is 1.63. The zero-order valence-electron chi connectivity index (χ0n) is 54.1. The molecule has 103 heavy (non-hydrogen) atoms. The number of esters is 2. The molecule has 526 valence electrons. The van der Waals surface area contributed by atoms with E-state index in [1.54, 1.807) is 113 Å². The number of carbonyl (C=O) groups excluding carboxylic acids is 2. The molecule has 0 radical (unpaired) electrons. The zero-order chi connectivity index (χ0) is 73.2. The lowest BCUT2D eigenvalue weighted by Crippen LogP contribution is -2.29. The smallest absolute Gasteiger partial charge is 0.454 e. The Kier molecular flexibility index (Phi) is 22.9. The van der Waals surface area contributed by atoms with Gasteiger partial charge < -0.3 is 69.0 Å². The summed E-state index contributed by atoms with van der Waals surface area (Å²) in [6.07, 6.45) is 6.32. The minimum atomic E-state index is -1.38. The van der Waals surface area contributed by atoms with Crippen LogP contribution in [-0.4, -0.2) is 90.3 Å². The summed E-state index contributed by atoms with van der Waals surface area (Å²) in [7, 11) is -1.38. The van der Waals surface area contributed by atoms with Crippen molar-refractivity contribution < 1.29 is 84.8 Å². The van der Waals surface area contributed by atoms with E-state index >= 15 is 4.39 Å². The van der Waals surface area contributed by atoms with Gasteiger partial charge in [-0.2, -0.15) is 0 Å². The number of nitrogen functional groups attached to an aromatic ring is 1. The topological polar surface area (TPSA) is 312 Å². The van der Waals surface area contributed by atoms with Gasteiger partial charge in [0.15, 0.2) is 75.0 Å². The van der Waals surface area contributed by atoms with Crippen LogP contribution in [0.3, 0.4) is 0 Å². The van der Waals surface area contributed by atoms with Gasteiger partial charge >= 0.3 is 19.1 Å². The SMILES string of the molecule is CC(=O)OC(C)=O.Cc1nc2ccc(-c3ccncc3)c(F)c2n1-c1ccc2c(c1)OCO2.Cc1nc2ccc(Br)c(F)c2n1-c1ccc2c(c1)OCO2.Nc1ccc(Br)c(F)c1Nc1ccc2c(c1)OCO2.O=[N+]([O-])c1ccc(Br)c(F)c1Nc1ccc2c(c1)OCO2.OB(O)c1ccncc1. The minimum absolute atomic E-state index is 0.115. The van der Waals surface area contributed by atoms with Crippen LogP contribution in [0.5, 0.6) is 46.0 Å². The summed E-state index contributed by atoms with van der Waals surface area (Å²) < 4.78 is 109. The Labute approximate surface area is 607 Å². The molecule has 12 aromatic rings. The van der Waals surface area contributed by atoms with E-state index in [0.717, 1.165) is 16.9 Å². The lowest BCUT2D eigenvalue weighted by atomic mass is 9.81. The Morgan fingerprint density at radius 1 is 0.524 bits per heavy atom. The first kappa shape index (κ1) is 72.7. The lowest BCUT2D eigenvalue weighted by Gasteiger charge is -2.11. The molecule has 0 saturated heterocycles. The number of nitro groups is 1. The van der Waals surface area contributed by atoms with Crippen LogP contribution in [0.4, 0.5) is 51.7 Å². The molecule has 0 fully saturated rings. The van der Waals surface area contributed by atoms with Crippen molar-refractivity contribution >= 4 is 129 Å². The summed E-state index contributed by atoms with van der Waals surface area (Å²) in [5, 5.41) is 33.8. The van der Waals surface area contributed by atoms with Crippen molar-refractivity contribution in [1.29, 1.82) is 0 Å². The quantitative estimate of drug-likeness (QED) is 0.0170. The van der Waals surface area contributed by atoms with Crippen molar-refractivity contribution in [3.8, 4) is 68.5 Å². The van der Waals surface area contributed by atoms with Gasteiger partial charge in [-0.25, -0.2) is 27.5 Å². The van der Waals surface area contributed by atoms with E-state index in [0.29, 0.717) is 117 Å².